The lowest BCUT2D eigenvalue weighted by atomic mass is 10.0. The van der Waals surface area contributed by atoms with Crippen LogP contribution in [0.3, 0.4) is 0 Å². The molecule has 0 aliphatic rings. The van der Waals surface area contributed by atoms with Crippen molar-refractivity contribution in [3.05, 3.63) is 54.6 Å². The van der Waals surface area contributed by atoms with Crippen LogP contribution in [0.15, 0.2) is 48.5 Å². The molecule has 0 atom stereocenters. The average Bonchev–Trinajstić information content (AvgIpc) is 2.29. The molecule has 0 spiro atoms. The molecule has 1 N–H and O–H groups in total. The van der Waals surface area contributed by atoms with Crippen molar-refractivity contribution >= 4 is 15.7 Å². The van der Waals surface area contributed by atoms with Crippen molar-refractivity contribution in [3.63, 3.8) is 0 Å². The van der Waals surface area contributed by atoms with Crippen LogP contribution < -0.4 is 4.72 Å². The van der Waals surface area contributed by atoms with E-state index in [9.17, 15) is 8.42 Å². The molecule has 87 valence electrons. The number of rotatable bonds is 3. The predicted molar refractivity (Wildman–Crippen MR) is 69.2 cm³/mol. The lowest BCUT2D eigenvalue weighted by Gasteiger charge is -2.10. The molecule has 0 saturated carbocycles. The van der Waals surface area contributed by atoms with Crippen molar-refractivity contribution < 1.29 is 8.42 Å². The maximum Gasteiger partial charge on any atom is 0.229 e. The summed E-state index contributed by atoms with van der Waals surface area (Å²) in [5, 5.41) is 0. The standard InChI is InChI=1S/C13H12NO2S/c1-17(15,16)14-13-10-6-5-9-12(13)11-7-3-2-4-8-11/h3-10,14H,1H3. The van der Waals surface area contributed by atoms with Crippen LogP contribution in [0.25, 0.3) is 11.1 Å². The van der Waals surface area contributed by atoms with Gasteiger partial charge in [0.1, 0.15) is 0 Å². The number of anilines is 1. The van der Waals surface area contributed by atoms with E-state index in [4.69, 9.17) is 0 Å². The van der Waals surface area contributed by atoms with Gasteiger partial charge in [0.2, 0.25) is 10.0 Å². The average molecular weight is 246 g/mol. The van der Waals surface area contributed by atoms with Crippen LogP contribution in [-0.2, 0) is 10.0 Å². The molecule has 0 fully saturated rings. The van der Waals surface area contributed by atoms with Crippen LogP contribution in [0, 0.1) is 6.07 Å². The minimum absolute atomic E-state index is 0.584. The van der Waals surface area contributed by atoms with E-state index in [0.717, 1.165) is 17.4 Å². The quantitative estimate of drug-likeness (QED) is 0.904. The van der Waals surface area contributed by atoms with Gasteiger partial charge >= 0.3 is 0 Å². The summed E-state index contributed by atoms with van der Waals surface area (Å²) in [7, 11) is -3.27. The van der Waals surface area contributed by atoms with Crippen LogP contribution in [-0.4, -0.2) is 14.7 Å². The molecular formula is C13H12NO2S. The molecule has 1 radical (unpaired) electrons. The van der Waals surface area contributed by atoms with Crippen molar-refractivity contribution in [3.8, 4) is 11.1 Å². The highest BCUT2D eigenvalue weighted by Gasteiger charge is 2.07. The molecule has 4 heteroatoms. The first-order valence-corrected chi connectivity index (χ1v) is 6.99. The fourth-order valence-corrected chi connectivity index (χ4v) is 2.17. The Balaban J connectivity index is 2.49. The number of hydrogen-bond donors (Lipinski definition) is 1. The molecule has 2 aromatic carbocycles. The van der Waals surface area contributed by atoms with Gasteiger partial charge in [-0.15, -0.1) is 0 Å². The first-order valence-electron chi connectivity index (χ1n) is 5.09. The van der Waals surface area contributed by atoms with E-state index in [1.54, 1.807) is 24.3 Å². The van der Waals surface area contributed by atoms with Gasteiger partial charge in [0, 0.05) is 5.56 Å². The van der Waals surface area contributed by atoms with E-state index < -0.39 is 10.0 Å². The molecule has 2 aromatic rings. The Bertz CT molecular complexity index is 606. The number of benzene rings is 2. The van der Waals surface area contributed by atoms with Gasteiger partial charge in [-0.25, -0.2) is 8.42 Å². The highest BCUT2D eigenvalue weighted by atomic mass is 32.2. The SMILES string of the molecule is CS(=O)(=O)Nc1ccccc1-c1cc[c]cc1. The third-order valence-corrected chi connectivity index (χ3v) is 2.84. The summed E-state index contributed by atoms with van der Waals surface area (Å²) in [6.07, 6.45) is 1.14. The van der Waals surface area contributed by atoms with E-state index in [2.05, 4.69) is 10.8 Å². The zero-order valence-electron chi connectivity index (χ0n) is 9.34. The van der Waals surface area contributed by atoms with E-state index in [-0.39, 0.29) is 0 Å². The second-order valence-electron chi connectivity index (χ2n) is 3.71. The molecule has 2 rings (SSSR count). The van der Waals surface area contributed by atoms with Gasteiger partial charge in [-0.3, -0.25) is 4.72 Å². The third-order valence-electron chi connectivity index (χ3n) is 2.25. The first kappa shape index (κ1) is 11.7. The number of nitrogens with one attached hydrogen (secondary N) is 1. The Kier molecular flexibility index (Phi) is 3.15. The molecule has 3 nitrogen and oxygen atoms in total. The molecule has 0 aliphatic carbocycles. The molecule has 0 unspecified atom stereocenters. The van der Waals surface area contributed by atoms with Crippen LogP contribution in [0.4, 0.5) is 5.69 Å². The molecule has 17 heavy (non-hydrogen) atoms. The number of para-hydroxylation sites is 1. The highest BCUT2D eigenvalue weighted by Crippen LogP contribution is 2.27. The van der Waals surface area contributed by atoms with Crippen LogP contribution in [0.2, 0.25) is 0 Å². The molecular weight excluding hydrogens is 234 g/mol. The summed E-state index contributed by atoms with van der Waals surface area (Å²) in [6.45, 7) is 0. The Morgan fingerprint density at radius 2 is 1.71 bits per heavy atom. The molecule has 0 amide bonds. The number of sulfonamides is 1. The summed E-state index contributed by atoms with van der Waals surface area (Å²) in [6, 6.07) is 17.6. The zero-order chi connectivity index (χ0) is 12.3. The maximum atomic E-state index is 11.3. The molecule has 0 aromatic heterocycles. The van der Waals surface area contributed by atoms with Gasteiger partial charge in [-0.1, -0.05) is 42.5 Å². The predicted octanol–water partition coefficient (Wildman–Crippen LogP) is 2.53. The second-order valence-corrected chi connectivity index (χ2v) is 5.46. The van der Waals surface area contributed by atoms with E-state index in [1.807, 2.05) is 24.3 Å². The van der Waals surface area contributed by atoms with Crippen molar-refractivity contribution in [1.82, 2.24) is 0 Å². The van der Waals surface area contributed by atoms with Crippen LogP contribution >= 0.6 is 0 Å². The van der Waals surface area contributed by atoms with Crippen LogP contribution in [0.1, 0.15) is 0 Å². The molecule has 0 aliphatic heterocycles. The van der Waals surface area contributed by atoms with E-state index >= 15 is 0 Å². The van der Waals surface area contributed by atoms with Crippen molar-refractivity contribution in [2.24, 2.45) is 0 Å². The second kappa shape index (κ2) is 4.59. The summed E-state index contributed by atoms with van der Waals surface area (Å²) in [5.41, 5.74) is 2.39. The van der Waals surface area contributed by atoms with Gasteiger partial charge in [-0.05, 0) is 17.7 Å². The fraction of sp³-hybridized carbons (Fsp3) is 0.0769. The van der Waals surface area contributed by atoms with E-state index in [0.29, 0.717) is 5.69 Å². The van der Waals surface area contributed by atoms with Crippen molar-refractivity contribution in [2.75, 3.05) is 11.0 Å². The van der Waals surface area contributed by atoms with Gasteiger partial charge in [0.15, 0.2) is 0 Å². The highest BCUT2D eigenvalue weighted by molar-refractivity contribution is 7.92. The lowest BCUT2D eigenvalue weighted by molar-refractivity contribution is 0.607. The minimum atomic E-state index is -3.27. The van der Waals surface area contributed by atoms with Crippen molar-refractivity contribution in [1.29, 1.82) is 0 Å². The van der Waals surface area contributed by atoms with E-state index in [1.165, 1.54) is 0 Å². The molecule has 0 saturated heterocycles. The summed E-state index contributed by atoms with van der Waals surface area (Å²) in [4.78, 5) is 0. The van der Waals surface area contributed by atoms with Gasteiger partial charge < -0.3 is 0 Å². The Morgan fingerprint density at radius 3 is 2.35 bits per heavy atom. The summed E-state index contributed by atoms with van der Waals surface area (Å²) in [5.74, 6) is 0. The van der Waals surface area contributed by atoms with Gasteiger partial charge in [0.25, 0.3) is 0 Å². The molecule has 0 heterocycles. The maximum absolute atomic E-state index is 11.3. The fourth-order valence-electron chi connectivity index (χ4n) is 1.59. The normalized spacial score (nSPS) is 11.1. The van der Waals surface area contributed by atoms with Crippen LogP contribution in [0.5, 0.6) is 0 Å². The zero-order valence-corrected chi connectivity index (χ0v) is 10.2. The largest absolute Gasteiger partial charge is 0.283 e. The topological polar surface area (TPSA) is 46.2 Å². The van der Waals surface area contributed by atoms with Crippen molar-refractivity contribution in [2.45, 2.75) is 0 Å². The van der Waals surface area contributed by atoms with Gasteiger partial charge in [0.05, 0.1) is 11.9 Å². The smallest absolute Gasteiger partial charge is 0.229 e. The Labute approximate surface area is 101 Å². The Hall–Kier alpha value is -1.81. The summed E-state index contributed by atoms with van der Waals surface area (Å²) >= 11 is 0. The third kappa shape index (κ3) is 3.07. The minimum Gasteiger partial charge on any atom is -0.283 e. The van der Waals surface area contributed by atoms with Gasteiger partial charge in [-0.2, -0.15) is 0 Å². The monoisotopic (exact) mass is 246 g/mol. The first-order chi connectivity index (χ1) is 8.06. The summed E-state index contributed by atoms with van der Waals surface area (Å²) < 4.78 is 25.0. The molecule has 0 bridgehead atoms. The lowest BCUT2D eigenvalue weighted by Crippen LogP contribution is -2.10. The number of hydrogen-bond acceptors (Lipinski definition) is 2. The Morgan fingerprint density at radius 1 is 1.06 bits per heavy atom.